The third kappa shape index (κ3) is 2.21. The molecule has 1 aliphatic carbocycles. The number of hydrogen-bond acceptors (Lipinski definition) is 1. The first-order valence-corrected chi connectivity index (χ1v) is 3.76. The van der Waals surface area contributed by atoms with Gasteiger partial charge in [-0.15, -0.1) is 23.2 Å². The van der Waals surface area contributed by atoms with Gasteiger partial charge in [0.2, 0.25) is 0 Å². The van der Waals surface area contributed by atoms with Crippen molar-refractivity contribution in [3.8, 4) is 0 Å². The molecule has 0 aromatic rings. The van der Waals surface area contributed by atoms with Crippen LogP contribution in [-0.2, 0) is 0 Å². The number of rotatable bonds is 3. The molecule has 3 heteroatoms. The summed E-state index contributed by atoms with van der Waals surface area (Å²) < 4.78 is 0. The highest BCUT2D eigenvalue weighted by Gasteiger charge is 2.22. The van der Waals surface area contributed by atoms with Crippen LogP contribution in [0.15, 0.2) is 0 Å². The lowest BCUT2D eigenvalue weighted by atomic mass is 10.6. The van der Waals surface area contributed by atoms with E-state index >= 15 is 0 Å². The first-order valence-electron chi connectivity index (χ1n) is 2.79. The number of hydrogen-bond donors (Lipinski definition) is 1. The van der Waals surface area contributed by atoms with Crippen molar-refractivity contribution in [1.82, 2.24) is 5.32 Å². The van der Waals surface area contributed by atoms with Gasteiger partial charge in [-0.3, -0.25) is 5.32 Å². The van der Waals surface area contributed by atoms with Crippen molar-refractivity contribution in [3.63, 3.8) is 0 Å². The average Bonchev–Trinajstić information content (AvgIpc) is 2.50. The second-order valence-corrected chi connectivity index (χ2v) is 2.90. The fraction of sp³-hybridized carbons (Fsp3) is 1.00. The van der Waals surface area contributed by atoms with Gasteiger partial charge in [-0.2, -0.15) is 0 Å². The van der Waals surface area contributed by atoms with Crippen LogP contribution < -0.4 is 5.32 Å². The maximum atomic E-state index is 5.66. The van der Waals surface area contributed by atoms with Gasteiger partial charge in [-0.05, 0) is 12.8 Å². The average molecular weight is 154 g/mol. The van der Waals surface area contributed by atoms with Crippen molar-refractivity contribution in [1.29, 1.82) is 0 Å². The third-order valence-electron chi connectivity index (χ3n) is 1.13. The zero-order chi connectivity index (χ0) is 5.98. The lowest BCUT2D eigenvalue weighted by Crippen LogP contribution is -2.26. The van der Waals surface area contributed by atoms with Crippen molar-refractivity contribution < 1.29 is 0 Å². The number of alkyl halides is 2. The predicted octanol–water partition coefficient (Wildman–Crippen LogP) is 1.54. The molecule has 1 fully saturated rings. The highest BCUT2D eigenvalue weighted by molar-refractivity contribution is 6.27. The van der Waals surface area contributed by atoms with Crippen LogP contribution in [0.5, 0.6) is 0 Å². The second kappa shape index (κ2) is 2.90. The minimum atomic E-state index is -0.0239. The fourth-order valence-electron chi connectivity index (χ4n) is 0.550. The fourth-order valence-corrected chi connectivity index (χ4v) is 0.818. The van der Waals surface area contributed by atoms with Gasteiger partial charge in [-0.25, -0.2) is 0 Å². The van der Waals surface area contributed by atoms with E-state index < -0.39 is 0 Å². The Kier molecular flexibility index (Phi) is 2.42. The second-order valence-electron chi connectivity index (χ2n) is 2.06. The molecule has 0 heterocycles. The molecule has 0 radical (unpaired) electrons. The minimum absolute atomic E-state index is 0.0239. The van der Waals surface area contributed by atoms with Crippen LogP contribution in [0.3, 0.4) is 0 Å². The Morgan fingerprint density at radius 3 is 2.62 bits per heavy atom. The zero-order valence-electron chi connectivity index (χ0n) is 4.53. The largest absolute Gasteiger partial charge is 0.298 e. The van der Waals surface area contributed by atoms with Crippen LogP contribution in [0.1, 0.15) is 12.8 Å². The molecule has 0 bridgehead atoms. The molecule has 0 saturated heterocycles. The van der Waals surface area contributed by atoms with Gasteiger partial charge in [0.1, 0.15) is 0 Å². The predicted molar refractivity (Wildman–Crippen MR) is 36.5 cm³/mol. The quantitative estimate of drug-likeness (QED) is 0.480. The van der Waals surface area contributed by atoms with Crippen LogP contribution >= 0.6 is 23.2 Å². The van der Waals surface area contributed by atoms with Crippen molar-refractivity contribution in [2.75, 3.05) is 5.88 Å². The van der Waals surface area contributed by atoms with Crippen LogP contribution in [0.2, 0.25) is 0 Å². The first kappa shape index (κ1) is 6.66. The Hall–Kier alpha value is 0.540. The summed E-state index contributed by atoms with van der Waals surface area (Å²) >= 11 is 11.1. The lowest BCUT2D eigenvalue weighted by Gasteiger charge is -2.04. The standard InChI is InChI=1S/C5H9Cl2N/c6-3-5(7)8-4-1-2-4/h4-5,8H,1-3H2. The van der Waals surface area contributed by atoms with Gasteiger partial charge in [0, 0.05) is 6.04 Å². The van der Waals surface area contributed by atoms with E-state index in [1.165, 1.54) is 12.8 Å². The van der Waals surface area contributed by atoms with E-state index in [0.717, 1.165) is 0 Å². The number of nitrogens with one attached hydrogen (secondary N) is 1. The molecule has 0 aliphatic heterocycles. The van der Waals surface area contributed by atoms with Gasteiger partial charge < -0.3 is 0 Å². The van der Waals surface area contributed by atoms with Gasteiger partial charge in [0.05, 0.1) is 11.4 Å². The molecule has 1 saturated carbocycles. The maximum absolute atomic E-state index is 5.66. The van der Waals surface area contributed by atoms with Crippen molar-refractivity contribution in [2.24, 2.45) is 0 Å². The van der Waals surface area contributed by atoms with Gasteiger partial charge in [0.25, 0.3) is 0 Å². The Labute approximate surface area is 59.3 Å². The van der Waals surface area contributed by atoms with Crippen LogP contribution in [0.25, 0.3) is 0 Å². The molecule has 0 aromatic carbocycles. The van der Waals surface area contributed by atoms with E-state index in [2.05, 4.69) is 5.32 Å². The third-order valence-corrected chi connectivity index (χ3v) is 1.88. The summed E-state index contributed by atoms with van der Waals surface area (Å²) in [6.45, 7) is 0. The highest BCUT2D eigenvalue weighted by Crippen LogP contribution is 2.20. The summed E-state index contributed by atoms with van der Waals surface area (Å²) in [7, 11) is 0. The monoisotopic (exact) mass is 153 g/mol. The molecule has 0 spiro atoms. The summed E-state index contributed by atoms with van der Waals surface area (Å²) in [5.74, 6) is 0.498. The highest BCUT2D eigenvalue weighted by atomic mass is 35.5. The smallest absolute Gasteiger partial charge is 0.0964 e. The molecule has 8 heavy (non-hydrogen) atoms. The normalized spacial score (nSPS) is 23.2. The molecule has 1 N–H and O–H groups in total. The van der Waals surface area contributed by atoms with E-state index in [1.807, 2.05) is 0 Å². The lowest BCUT2D eigenvalue weighted by molar-refractivity contribution is 0.678. The molecule has 1 atom stereocenters. The zero-order valence-corrected chi connectivity index (χ0v) is 6.04. The van der Waals surface area contributed by atoms with Gasteiger partial charge >= 0.3 is 0 Å². The SMILES string of the molecule is ClCC(Cl)NC1CC1. The summed E-state index contributed by atoms with van der Waals surface area (Å²) in [5.41, 5.74) is -0.0239. The molecule has 1 rings (SSSR count). The van der Waals surface area contributed by atoms with Crippen molar-refractivity contribution in [2.45, 2.75) is 24.4 Å². The number of halogens is 2. The molecule has 1 aliphatic rings. The minimum Gasteiger partial charge on any atom is -0.298 e. The van der Waals surface area contributed by atoms with E-state index in [4.69, 9.17) is 23.2 Å². The summed E-state index contributed by atoms with van der Waals surface area (Å²) in [6, 6.07) is 0.663. The summed E-state index contributed by atoms with van der Waals surface area (Å²) in [4.78, 5) is 0. The first-order chi connectivity index (χ1) is 3.83. The molecular formula is C5H9Cl2N. The van der Waals surface area contributed by atoms with Crippen molar-refractivity contribution >= 4 is 23.2 Å². The topological polar surface area (TPSA) is 12.0 Å². The van der Waals surface area contributed by atoms with E-state index in [9.17, 15) is 0 Å². The maximum Gasteiger partial charge on any atom is 0.0964 e. The Bertz CT molecular complexity index is 72.8. The molecular weight excluding hydrogens is 145 g/mol. The van der Waals surface area contributed by atoms with E-state index in [1.54, 1.807) is 0 Å². The van der Waals surface area contributed by atoms with Crippen LogP contribution in [0.4, 0.5) is 0 Å². The molecule has 48 valence electrons. The van der Waals surface area contributed by atoms with Crippen LogP contribution in [-0.4, -0.2) is 17.4 Å². The van der Waals surface area contributed by atoms with Crippen LogP contribution in [0, 0.1) is 0 Å². The summed E-state index contributed by atoms with van der Waals surface area (Å²) in [6.07, 6.45) is 2.53. The molecule has 1 nitrogen and oxygen atoms in total. The Morgan fingerprint density at radius 2 is 2.25 bits per heavy atom. The molecule has 1 unspecified atom stereocenters. The van der Waals surface area contributed by atoms with E-state index in [0.29, 0.717) is 11.9 Å². The molecule has 0 aromatic heterocycles. The Balaban J connectivity index is 1.98. The van der Waals surface area contributed by atoms with Gasteiger partial charge in [0.15, 0.2) is 0 Å². The summed E-state index contributed by atoms with van der Waals surface area (Å²) in [5, 5.41) is 3.14. The van der Waals surface area contributed by atoms with E-state index in [-0.39, 0.29) is 5.50 Å². The van der Waals surface area contributed by atoms with Gasteiger partial charge in [-0.1, -0.05) is 0 Å². The van der Waals surface area contributed by atoms with Crippen molar-refractivity contribution in [3.05, 3.63) is 0 Å². The molecule has 0 amide bonds. The Morgan fingerprint density at radius 1 is 1.62 bits per heavy atom.